The molecule has 13 heavy (non-hydrogen) atoms. The molecule has 1 atom stereocenters. The molecule has 0 radical (unpaired) electrons. The fourth-order valence-corrected chi connectivity index (χ4v) is 2.09. The van der Waals surface area contributed by atoms with Crippen LogP contribution in [0.25, 0.3) is 0 Å². The van der Waals surface area contributed by atoms with Crippen molar-refractivity contribution < 1.29 is 13.8 Å². The Morgan fingerprint density at radius 3 is 3.08 bits per heavy atom. The molecule has 0 aliphatic carbocycles. The van der Waals surface area contributed by atoms with Crippen molar-refractivity contribution in [2.75, 3.05) is 13.8 Å². The summed E-state index contributed by atoms with van der Waals surface area (Å²) in [5.74, 6) is 1.63. The molecule has 0 fully saturated rings. The maximum atomic E-state index is 5.57. The van der Waals surface area contributed by atoms with Crippen LogP contribution >= 0.6 is 8.38 Å². The van der Waals surface area contributed by atoms with Crippen molar-refractivity contribution in [3.63, 3.8) is 0 Å². The molecule has 0 amide bonds. The van der Waals surface area contributed by atoms with E-state index in [-0.39, 0.29) is 0 Å². The average molecular weight is 198 g/mol. The predicted octanol–water partition coefficient (Wildman–Crippen LogP) is 2.55. The zero-order valence-electron chi connectivity index (χ0n) is 7.61. The fraction of sp³-hybridized carbons (Fsp3) is 0.333. The summed E-state index contributed by atoms with van der Waals surface area (Å²) < 4.78 is 16.2. The van der Waals surface area contributed by atoms with Crippen LogP contribution in [0.3, 0.4) is 0 Å². The summed E-state index contributed by atoms with van der Waals surface area (Å²) in [6.45, 7) is 2.56. The van der Waals surface area contributed by atoms with E-state index in [0.717, 1.165) is 17.1 Å². The molecular formula is C9H11O3P. The standard InChI is InChI=1S/C9H11O3P/c1-10-8-5-3-4-7-6-11-13(2)12-9(7)8/h3-5H,6H2,1-2H3. The lowest BCUT2D eigenvalue weighted by Crippen LogP contribution is -2.04. The average Bonchev–Trinajstić information content (AvgIpc) is 2.17. The van der Waals surface area contributed by atoms with E-state index in [1.54, 1.807) is 7.11 Å². The van der Waals surface area contributed by atoms with Crippen molar-refractivity contribution in [2.24, 2.45) is 0 Å². The van der Waals surface area contributed by atoms with Crippen LogP contribution in [-0.2, 0) is 11.1 Å². The van der Waals surface area contributed by atoms with Crippen molar-refractivity contribution in [3.05, 3.63) is 23.8 Å². The molecule has 70 valence electrons. The Kier molecular flexibility index (Phi) is 2.38. The summed E-state index contributed by atoms with van der Waals surface area (Å²) in [5, 5.41) is 0. The van der Waals surface area contributed by atoms with E-state index in [0.29, 0.717) is 6.61 Å². The van der Waals surface area contributed by atoms with Crippen LogP contribution in [0.5, 0.6) is 11.5 Å². The Labute approximate surface area is 78.5 Å². The largest absolute Gasteiger partial charge is 0.493 e. The molecule has 4 heteroatoms. The van der Waals surface area contributed by atoms with Gasteiger partial charge in [0.15, 0.2) is 11.5 Å². The molecular weight excluding hydrogens is 187 g/mol. The summed E-state index contributed by atoms with van der Waals surface area (Å²) in [6.07, 6.45) is 0. The summed E-state index contributed by atoms with van der Waals surface area (Å²) >= 11 is 0. The first kappa shape index (κ1) is 8.79. The van der Waals surface area contributed by atoms with Gasteiger partial charge in [0.1, 0.15) is 0 Å². The number of methoxy groups -OCH3 is 1. The molecule has 1 aliphatic heterocycles. The van der Waals surface area contributed by atoms with E-state index in [1.165, 1.54) is 0 Å². The second kappa shape index (κ2) is 3.52. The highest BCUT2D eigenvalue weighted by Crippen LogP contribution is 2.47. The molecule has 1 aromatic carbocycles. The number of benzene rings is 1. The molecule has 1 heterocycles. The van der Waals surface area contributed by atoms with Crippen LogP contribution in [0.15, 0.2) is 18.2 Å². The highest BCUT2D eigenvalue weighted by Gasteiger charge is 2.20. The lowest BCUT2D eigenvalue weighted by molar-refractivity contribution is 0.273. The number of ether oxygens (including phenoxy) is 1. The molecule has 2 rings (SSSR count). The second-order valence-electron chi connectivity index (χ2n) is 2.75. The van der Waals surface area contributed by atoms with E-state index in [9.17, 15) is 0 Å². The maximum Gasteiger partial charge on any atom is 0.227 e. The van der Waals surface area contributed by atoms with E-state index in [4.69, 9.17) is 13.8 Å². The quantitative estimate of drug-likeness (QED) is 0.649. The first-order valence-electron chi connectivity index (χ1n) is 4.02. The van der Waals surface area contributed by atoms with Gasteiger partial charge in [-0.05, 0) is 6.07 Å². The number of fused-ring (bicyclic) bond motifs is 1. The second-order valence-corrected chi connectivity index (χ2v) is 4.07. The monoisotopic (exact) mass is 198 g/mol. The first-order chi connectivity index (χ1) is 6.31. The smallest absolute Gasteiger partial charge is 0.227 e. The van der Waals surface area contributed by atoms with Crippen molar-refractivity contribution in [1.82, 2.24) is 0 Å². The van der Waals surface area contributed by atoms with Gasteiger partial charge in [-0.25, -0.2) is 0 Å². The SMILES string of the molecule is COc1cccc2c1OP(C)OC2. The van der Waals surface area contributed by atoms with Gasteiger partial charge >= 0.3 is 0 Å². The molecule has 0 saturated heterocycles. The third kappa shape index (κ3) is 1.62. The lowest BCUT2D eigenvalue weighted by atomic mass is 10.2. The van der Waals surface area contributed by atoms with Crippen LogP contribution in [0.2, 0.25) is 0 Å². The van der Waals surface area contributed by atoms with Gasteiger partial charge in [0, 0.05) is 12.2 Å². The van der Waals surface area contributed by atoms with E-state index >= 15 is 0 Å². The summed E-state index contributed by atoms with van der Waals surface area (Å²) in [6, 6.07) is 5.82. The summed E-state index contributed by atoms with van der Waals surface area (Å²) in [7, 11) is 0.865. The summed E-state index contributed by atoms with van der Waals surface area (Å²) in [5.41, 5.74) is 1.06. The predicted molar refractivity (Wildman–Crippen MR) is 51.3 cm³/mol. The minimum atomic E-state index is -0.780. The molecule has 0 aromatic heterocycles. The van der Waals surface area contributed by atoms with Crippen LogP contribution in [0.1, 0.15) is 5.56 Å². The van der Waals surface area contributed by atoms with Gasteiger partial charge in [0.05, 0.1) is 13.7 Å². The zero-order chi connectivity index (χ0) is 9.26. The lowest BCUT2D eigenvalue weighted by Gasteiger charge is -2.23. The van der Waals surface area contributed by atoms with Gasteiger partial charge < -0.3 is 13.8 Å². The van der Waals surface area contributed by atoms with Crippen LogP contribution in [-0.4, -0.2) is 13.8 Å². The van der Waals surface area contributed by atoms with Gasteiger partial charge in [-0.3, -0.25) is 0 Å². The fourth-order valence-electron chi connectivity index (χ4n) is 1.25. The normalized spacial score (nSPS) is 20.3. The third-order valence-electron chi connectivity index (χ3n) is 1.90. The van der Waals surface area contributed by atoms with Crippen molar-refractivity contribution in [2.45, 2.75) is 6.61 Å². The number of hydrogen-bond acceptors (Lipinski definition) is 3. The van der Waals surface area contributed by atoms with Crippen LogP contribution in [0, 0.1) is 0 Å². The molecule has 3 nitrogen and oxygen atoms in total. The molecule has 0 N–H and O–H groups in total. The van der Waals surface area contributed by atoms with Gasteiger partial charge in [0.25, 0.3) is 0 Å². The number of rotatable bonds is 1. The molecule has 0 spiro atoms. The van der Waals surface area contributed by atoms with Gasteiger partial charge in [-0.1, -0.05) is 12.1 Å². The molecule has 1 aliphatic rings. The Hall–Kier alpha value is -0.790. The molecule has 1 aromatic rings. The van der Waals surface area contributed by atoms with Crippen LogP contribution < -0.4 is 9.26 Å². The maximum absolute atomic E-state index is 5.57. The highest BCUT2D eigenvalue weighted by molar-refractivity contribution is 7.46. The Morgan fingerprint density at radius 1 is 1.46 bits per heavy atom. The Morgan fingerprint density at radius 2 is 2.31 bits per heavy atom. The topological polar surface area (TPSA) is 27.7 Å². The van der Waals surface area contributed by atoms with Gasteiger partial charge in [-0.2, -0.15) is 0 Å². The Bertz CT molecular complexity index is 299. The van der Waals surface area contributed by atoms with Crippen molar-refractivity contribution in [1.29, 1.82) is 0 Å². The minimum Gasteiger partial charge on any atom is -0.493 e. The van der Waals surface area contributed by atoms with Crippen molar-refractivity contribution >= 4 is 8.38 Å². The molecule has 1 unspecified atom stereocenters. The highest BCUT2D eigenvalue weighted by atomic mass is 31.2. The molecule has 0 saturated carbocycles. The van der Waals surface area contributed by atoms with Crippen LogP contribution in [0.4, 0.5) is 0 Å². The van der Waals surface area contributed by atoms with E-state index in [1.807, 2.05) is 24.9 Å². The zero-order valence-corrected chi connectivity index (χ0v) is 8.51. The number of para-hydroxylation sites is 1. The summed E-state index contributed by atoms with van der Waals surface area (Å²) in [4.78, 5) is 0. The minimum absolute atomic E-state index is 0.620. The van der Waals surface area contributed by atoms with Gasteiger partial charge in [-0.15, -0.1) is 0 Å². The first-order valence-corrected chi connectivity index (χ1v) is 5.64. The number of hydrogen-bond donors (Lipinski definition) is 0. The van der Waals surface area contributed by atoms with E-state index in [2.05, 4.69) is 0 Å². The Balaban J connectivity index is 2.41. The molecule has 0 bridgehead atoms. The third-order valence-corrected chi connectivity index (χ3v) is 2.83. The van der Waals surface area contributed by atoms with Gasteiger partial charge in [0.2, 0.25) is 8.38 Å². The van der Waals surface area contributed by atoms with E-state index < -0.39 is 8.38 Å². The van der Waals surface area contributed by atoms with Crippen molar-refractivity contribution in [3.8, 4) is 11.5 Å².